The van der Waals surface area contributed by atoms with Gasteiger partial charge in [-0.2, -0.15) is 0 Å². The smallest absolute Gasteiger partial charge is 0.288 e. The average molecular weight is 224 g/mol. The molecular formula is C9H12N4O3. The molecule has 0 saturated carbocycles. The molecule has 16 heavy (non-hydrogen) atoms. The fourth-order valence-electron chi connectivity index (χ4n) is 1.18. The standard InChI is InChI=1S/C9H12N4O3/c1-3-11-9(14)7-4-6(13(15)16)5-12-8(7)10-2/h4-5H,3H2,1-2H3,(H,10,12)(H,11,14). The number of hydrogen-bond donors (Lipinski definition) is 2. The summed E-state index contributed by atoms with van der Waals surface area (Å²) in [5.74, 6) is -0.0698. The van der Waals surface area contributed by atoms with Crippen LogP contribution in [0.3, 0.4) is 0 Å². The molecule has 0 bridgehead atoms. The van der Waals surface area contributed by atoms with E-state index in [4.69, 9.17) is 0 Å². The van der Waals surface area contributed by atoms with Gasteiger partial charge >= 0.3 is 0 Å². The van der Waals surface area contributed by atoms with Crippen molar-refractivity contribution in [2.24, 2.45) is 0 Å². The summed E-state index contributed by atoms with van der Waals surface area (Å²) in [7, 11) is 1.59. The summed E-state index contributed by atoms with van der Waals surface area (Å²) < 4.78 is 0. The zero-order valence-electron chi connectivity index (χ0n) is 8.98. The van der Waals surface area contributed by atoms with Gasteiger partial charge in [-0.15, -0.1) is 0 Å². The largest absolute Gasteiger partial charge is 0.372 e. The Morgan fingerprint density at radius 2 is 2.31 bits per heavy atom. The zero-order chi connectivity index (χ0) is 12.1. The normalized spacial score (nSPS) is 9.62. The first-order chi connectivity index (χ1) is 7.60. The maximum atomic E-state index is 11.6. The number of aromatic nitrogens is 1. The van der Waals surface area contributed by atoms with E-state index in [1.165, 1.54) is 6.07 Å². The quantitative estimate of drug-likeness (QED) is 0.581. The Morgan fingerprint density at radius 1 is 1.62 bits per heavy atom. The van der Waals surface area contributed by atoms with E-state index >= 15 is 0 Å². The van der Waals surface area contributed by atoms with Crippen LogP contribution in [0.2, 0.25) is 0 Å². The maximum absolute atomic E-state index is 11.6. The van der Waals surface area contributed by atoms with E-state index in [1.807, 2.05) is 0 Å². The molecule has 0 aromatic carbocycles. The van der Waals surface area contributed by atoms with Crippen molar-refractivity contribution in [3.63, 3.8) is 0 Å². The Bertz CT molecular complexity index is 419. The minimum Gasteiger partial charge on any atom is -0.372 e. The van der Waals surface area contributed by atoms with E-state index in [2.05, 4.69) is 15.6 Å². The van der Waals surface area contributed by atoms with Crippen LogP contribution >= 0.6 is 0 Å². The SMILES string of the molecule is CCNC(=O)c1cc([N+](=O)[O-])cnc1NC. The third-order valence-electron chi connectivity index (χ3n) is 1.90. The first-order valence-corrected chi connectivity index (χ1v) is 4.70. The van der Waals surface area contributed by atoms with Crippen LogP contribution in [0.1, 0.15) is 17.3 Å². The van der Waals surface area contributed by atoms with Gasteiger partial charge in [0.15, 0.2) is 0 Å². The lowest BCUT2D eigenvalue weighted by atomic mass is 10.2. The summed E-state index contributed by atoms with van der Waals surface area (Å²) in [4.78, 5) is 25.4. The lowest BCUT2D eigenvalue weighted by Gasteiger charge is -2.07. The number of anilines is 1. The number of rotatable bonds is 4. The molecule has 86 valence electrons. The van der Waals surface area contributed by atoms with Gasteiger partial charge in [0, 0.05) is 19.7 Å². The van der Waals surface area contributed by atoms with Crippen LogP contribution in [-0.4, -0.2) is 29.4 Å². The summed E-state index contributed by atoms with van der Waals surface area (Å²) in [5, 5.41) is 15.8. The molecule has 0 saturated heterocycles. The molecule has 1 aromatic rings. The van der Waals surface area contributed by atoms with Gasteiger partial charge in [0.05, 0.1) is 10.5 Å². The van der Waals surface area contributed by atoms with Crippen LogP contribution in [0, 0.1) is 10.1 Å². The Balaban J connectivity index is 3.16. The van der Waals surface area contributed by atoms with E-state index < -0.39 is 4.92 Å². The van der Waals surface area contributed by atoms with E-state index in [1.54, 1.807) is 14.0 Å². The minimum atomic E-state index is -0.588. The summed E-state index contributed by atoms with van der Waals surface area (Å²) in [6.07, 6.45) is 1.11. The van der Waals surface area contributed by atoms with Crippen molar-refractivity contribution < 1.29 is 9.72 Å². The Labute approximate surface area is 92.0 Å². The number of nitro groups is 1. The van der Waals surface area contributed by atoms with Gasteiger partial charge in [0.2, 0.25) is 0 Å². The first-order valence-electron chi connectivity index (χ1n) is 4.70. The van der Waals surface area contributed by atoms with Crippen LogP contribution in [0.5, 0.6) is 0 Å². The minimum absolute atomic E-state index is 0.165. The fraction of sp³-hybridized carbons (Fsp3) is 0.333. The predicted molar refractivity (Wildman–Crippen MR) is 58.4 cm³/mol. The molecule has 2 N–H and O–H groups in total. The highest BCUT2D eigenvalue weighted by Crippen LogP contribution is 2.18. The van der Waals surface area contributed by atoms with Gasteiger partial charge in [-0.1, -0.05) is 0 Å². The molecule has 0 unspecified atom stereocenters. The second kappa shape index (κ2) is 5.06. The Hall–Kier alpha value is -2.18. The molecule has 0 aliphatic rings. The molecule has 1 aromatic heterocycles. The first kappa shape index (κ1) is 11.9. The number of carbonyl (C=O) groups excluding carboxylic acids is 1. The van der Waals surface area contributed by atoms with Crippen molar-refractivity contribution in [1.29, 1.82) is 0 Å². The Morgan fingerprint density at radius 3 is 2.81 bits per heavy atom. The monoisotopic (exact) mass is 224 g/mol. The molecule has 0 fully saturated rings. The fourth-order valence-corrected chi connectivity index (χ4v) is 1.18. The van der Waals surface area contributed by atoms with E-state index in [-0.39, 0.29) is 17.2 Å². The number of amides is 1. The van der Waals surface area contributed by atoms with E-state index in [9.17, 15) is 14.9 Å². The van der Waals surface area contributed by atoms with Crippen molar-refractivity contribution in [2.75, 3.05) is 18.9 Å². The molecule has 0 spiro atoms. The van der Waals surface area contributed by atoms with E-state index in [0.29, 0.717) is 12.4 Å². The number of nitrogens with one attached hydrogen (secondary N) is 2. The zero-order valence-corrected chi connectivity index (χ0v) is 8.98. The molecule has 0 radical (unpaired) electrons. The van der Waals surface area contributed by atoms with Crippen LogP contribution < -0.4 is 10.6 Å². The molecule has 1 amide bonds. The number of pyridine rings is 1. The highest BCUT2D eigenvalue weighted by atomic mass is 16.6. The summed E-state index contributed by atoms with van der Waals surface area (Å²) in [6, 6.07) is 1.20. The van der Waals surface area contributed by atoms with Crippen LogP contribution in [0.25, 0.3) is 0 Å². The highest BCUT2D eigenvalue weighted by Gasteiger charge is 2.16. The van der Waals surface area contributed by atoms with E-state index in [0.717, 1.165) is 6.20 Å². The molecule has 0 aliphatic carbocycles. The third-order valence-corrected chi connectivity index (χ3v) is 1.90. The lowest BCUT2D eigenvalue weighted by molar-refractivity contribution is -0.385. The van der Waals surface area contributed by atoms with Crippen LogP contribution in [0.15, 0.2) is 12.3 Å². The molecular weight excluding hydrogens is 212 g/mol. The number of carbonyl (C=O) groups is 1. The van der Waals surface area contributed by atoms with Crippen molar-refractivity contribution in [1.82, 2.24) is 10.3 Å². The summed E-state index contributed by atoms with van der Waals surface area (Å²) >= 11 is 0. The molecule has 1 rings (SSSR count). The molecule has 7 nitrogen and oxygen atoms in total. The van der Waals surface area contributed by atoms with Crippen molar-refractivity contribution in [2.45, 2.75) is 6.92 Å². The van der Waals surface area contributed by atoms with Gasteiger partial charge in [-0.25, -0.2) is 4.98 Å². The molecule has 1 heterocycles. The number of nitrogens with zero attached hydrogens (tertiary/aromatic N) is 2. The topological polar surface area (TPSA) is 97.2 Å². The van der Waals surface area contributed by atoms with Crippen molar-refractivity contribution >= 4 is 17.4 Å². The number of hydrogen-bond acceptors (Lipinski definition) is 5. The van der Waals surface area contributed by atoms with Crippen LogP contribution in [-0.2, 0) is 0 Å². The van der Waals surface area contributed by atoms with Crippen molar-refractivity contribution in [3.8, 4) is 0 Å². The Kier molecular flexibility index (Phi) is 3.76. The van der Waals surface area contributed by atoms with Crippen LogP contribution in [0.4, 0.5) is 11.5 Å². The second-order valence-electron chi connectivity index (χ2n) is 2.96. The van der Waals surface area contributed by atoms with Gasteiger partial charge in [-0.05, 0) is 6.92 Å². The molecule has 0 aliphatic heterocycles. The van der Waals surface area contributed by atoms with Gasteiger partial charge in [-0.3, -0.25) is 14.9 Å². The summed E-state index contributed by atoms with van der Waals surface area (Å²) in [6.45, 7) is 2.21. The highest BCUT2D eigenvalue weighted by molar-refractivity contribution is 5.99. The maximum Gasteiger partial charge on any atom is 0.288 e. The van der Waals surface area contributed by atoms with Gasteiger partial charge in [0.25, 0.3) is 11.6 Å². The lowest BCUT2D eigenvalue weighted by Crippen LogP contribution is -2.24. The summed E-state index contributed by atoms with van der Waals surface area (Å²) in [5.41, 5.74) is -0.0428. The average Bonchev–Trinajstić information content (AvgIpc) is 2.28. The second-order valence-corrected chi connectivity index (χ2v) is 2.96. The predicted octanol–water partition coefficient (Wildman–Crippen LogP) is 0.781. The van der Waals surface area contributed by atoms with Gasteiger partial charge in [0.1, 0.15) is 12.0 Å². The molecule has 0 atom stereocenters. The van der Waals surface area contributed by atoms with Crippen molar-refractivity contribution in [3.05, 3.63) is 27.9 Å². The van der Waals surface area contributed by atoms with Gasteiger partial charge < -0.3 is 10.6 Å². The molecule has 7 heteroatoms. The third kappa shape index (κ3) is 2.44.